The van der Waals surface area contributed by atoms with E-state index >= 15 is 0 Å². The van der Waals surface area contributed by atoms with Crippen LogP contribution in [0.4, 0.5) is 17.2 Å². The van der Waals surface area contributed by atoms with Crippen molar-refractivity contribution in [2.75, 3.05) is 5.32 Å². The van der Waals surface area contributed by atoms with Gasteiger partial charge >= 0.3 is 0 Å². The lowest BCUT2D eigenvalue weighted by Gasteiger charge is -2.06. The summed E-state index contributed by atoms with van der Waals surface area (Å²) >= 11 is 5.72. The molecule has 92 valence electrons. The van der Waals surface area contributed by atoms with Gasteiger partial charge in [0.05, 0.1) is 4.92 Å². The second-order valence-electron chi connectivity index (χ2n) is 3.61. The third kappa shape index (κ3) is 2.72. The van der Waals surface area contributed by atoms with E-state index in [9.17, 15) is 10.1 Å². The minimum Gasteiger partial charge on any atom is -0.340 e. The molecule has 0 atom stereocenters. The van der Waals surface area contributed by atoms with Gasteiger partial charge in [-0.1, -0.05) is 17.7 Å². The van der Waals surface area contributed by atoms with Crippen LogP contribution in [0.5, 0.6) is 0 Å². The van der Waals surface area contributed by atoms with Gasteiger partial charge in [0.1, 0.15) is 17.3 Å². The third-order valence-electron chi connectivity index (χ3n) is 2.31. The van der Waals surface area contributed by atoms with E-state index < -0.39 is 4.92 Å². The van der Waals surface area contributed by atoms with E-state index in [0.717, 1.165) is 0 Å². The van der Waals surface area contributed by atoms with Crippen LogP contribution in [0.1, 0.15) is 5.56 Å². The molecule has 0 aliphatic rings. The fourth-order valence-electron chi connectivity index (χ4n) is 1.43. The fraction of sp³-hybridized carbons (Fsp3) is 0.0909. The number of nitrogens with one attached hydrogen (secondary N) is 1. The predicted octanol–water partition coefficient (Wildman–Crippen LogP) is 3.09. The molecule has 0 bridgehead atoms. The van der Waals surface area contributed by atoms with E-state index in [-0.39, 0.29) is 5.69 Å². The Labute approximate surface area is 108 Å². The highest BCUT2D eigenvalue weighted by molar-refractivity contribution is 6.29. The van der Waals surface area contributed by atoms with Crippen molar-refractivity contribution in [3.8, 4) is 0 Å². The second-order valence-corrected chi connectivity index (χ2v) is 4.00. The first-order valence-electron chi connectivity index (χ1n) is 5.06. The molecular formula is C11H9ClN4O2. The predicted molar refractivity (Wildman–Crippen MR) is 68.2 cm³/mol. The average Bonchev–Trinajstić information content (AvgIpc) is 2.31. The van der Waals surface area contributed by atoms with Crippen LogP contribution in [0.2, 0.25) is 5.15 Å². The summed E-state index contributed by atoms with van der Waals surface area (Å²) in [4.78, 5) is 18.1. The third-order valence-corrected chi connectivity index (χ3v) is 2.52. The molecule has 0 unspecified atom stereocenters. The molecule has 0 spiro atoms. The fourth-order valence-corrected chi connectivity index (χ4v) is 1.58. The van der Waals surface area contributed by atoms with Gasteiger partial charge in [-0.25, -0.2) is 9.97 Å². The zero-order valence-electron chi connectivity index (χ0n) is 9.42. The van der Waals surface area contributed by atoms with Crippen molar-refractivity contribution >= 4 is 28.8 Å². The first kappa shape index (κ1) is 12.3. The number of nitrogens with zero attached hydrogens (tertiary/aromatic N) is 3. The number of aryl methyl sites for hydroxylation is 1. The average molecular weight is 265 g/mol. The quantitative estimate of drug-likeness (QED) is 0.523. The summed E-state index contributed by atoms with van der Waals surface area (Å²) in [5.41, 5.74) is 1.23. The Kier molecular flexibility index (Phi) is 3.38. The summed E-state index contributed by atoms with van der Waals surface area (Å²) in [6.07, 6.45) is 1.31. The molecule has 0 amide bonds. The molecule has 1 aromatic carbocycles. The summed E-state index contributed by atoms with van der Waals surface area (Å²) in [5.74, 6) is 0.480. The molecule has 0 aliphatic carbocycles. The van der Waals surface area contributed by atoms with Gasteiger partial charge in [0, 0.05) is 23.4 Å². The first-order chi connectivity index (χ1) is 8.56. The highest BCUT2D eigenvalue weighted by atomic mass is 35.5. The van der Waals surface area contributed by atoms with E-state index in [2.05, 4.69) is 15.3 Å². The van der Waals surface area contributed by atoms with Crippen LogP contribution in [0.15, 0.2) is 30.6 Å². The van der Waals surface area contributed by atoms with E-state index in [4.69, 9.17) is 11.6 Å². The van der Waals surface area contributed by atoms with Gasteiger partial charge in [-0.2, -0.15) is 0 Å². The van der Waals surface area contributed by atoms with Crippen LogP contribution in [0, 0.1) is 17.0 Å². The monoisotopic (exact) mass is 264 g/mol. The first-order valence-corrected chi connectivity index (χ1v) is 5.43. The zero-order chi connectivity index (χ0) is 13.1. The van der Waals surface area contributed by atoms with Crippen molar-refractivity contribution in [2.45, 2.75) is 6.92 Å². The van der Waals surface area contributed by atoms with Gasteiger partial charge in [0.25, 0.3) is 5.69 Å². The van der Waals surface area contributed by atoms with Crippen LogP contribution >= 0.6 is 11.6 Å². The maximum absolute atomic E-state index is 10.8. The van der Waals surface area contributed by atoms with Crippen LogP contribution in [0.3, 0.4) is 0 Å². The van der Waals surface area contributed by atoms with Gasteiger partial charge in [-0.05, 0) is 13.0 Å². The van der Waals surface area contributed by atoms with Gasteiger partial charge in [0.2, 0.25) is 0 Å². The summed E-state index contributed by atoms with van der Waals surface area (Å²) in [7, 11) is 0. The molecule has 1 N–H and O–H groups in total. The molecule has 7 heteroatoms. The Morgan fingerprint density at radius 2 is 2.11 bits per heavy atom. The molecule has 0 saturated heterocycles. The minimum atomic E-state index is -0.423. The number of nitro groups is 1. The van der Waals surface area contributed by atoms with E-state index in [1.54, 1.807) is 19.1 Å². The highest BCUT2D eigenvalue weighted by Gasteiger charge is 2.11. The number of rotatable bonds is 3. The normalized spacial score (nSPS) is 10.1. The molecule has 2 rings (SSSR count). The van der Waals surface area contributed by atoms with E-state index in [1.807, 2.05) is 0 Å². The second kappa shape index (κ2) is 4.97. The molecule has 1 heterocycles. The van der Waals surface area contributed by atoms with E-state index in [0.29, 0.717) is 22.2 Å². The Morgan fingerprint density at radius 3 is 2.78 bits per heavy atom. The van der Waals surface area contributed by atoms with Crippen LogP contribution in [0.25, 0.3) is 0 Å². The van der Waals surface area contributed by atoms with Crippen molar-refractivity contribution in [3.05, 3.63) is 51.4 Å². The maximum Gasteiger partial charge on any atom is 0.274 e. The molecule has 18 heavy (non-hydrogen) atoms. The summed E-state index contributed by atoms with van der Waals surface area (Å²) in [6, 6.07) is 6.39. The number of halogens is 1. The lowest BCUT2D eigenvalue weighted by molar-refractivity contribution is -0.385. The topological polar surface area (TPSA) is 81.0 Å². The van der Waals surface area contributed by atoms with Crippen molar-refractivity contribution in [3.63, 3.8) is 0 Å². The van der Waals surface area contributed by atoms with E-state index in [1.165, 1.54) is 18.5 Å². The Bertz CT molecular complexity index is 603. The van der Waals surface area contributed by atoms with Crippen LogP contribution in [-0.4, -0.2) is 14.9 Å². The van der Waals surface area contributed by atoms with Crippen molar-refractivity contribution < 1.29 is 4.92 Å². The highest BCUT2D eigenvalue weighted by Crippen LogP contribution is 2.24. The lowest BCUT2D eigenvalue weighted by atomic mass is 10.2. The molecular weight excluding hydrogens is 256 g/mol. The molecule has 6 nitrogen and oxygen atoms in total. The van der Waals surface area contributed by atoms with Gasteiger partial charge in [-0.15, -0.1) is 0 Å². The molecule has 0 radical (unpaired) electrons. The molecule has 0 fully saturated rings. The number of nitro benzene ring substituents is 1. The molecule has 1 aromatic heterocycles. The largest absolute Gasteiger partial charge is 0.340 e. The zero-order valence-corrected chi connectivity index (χ0v) is 10.2. The Morgan fingerprint density at radius 1 is 1.33 bits per heavy atom. The van der Waals surface area contributed by atoms with Crippen molar-refractivity contribution in [1.29, 1.82) is 0 Å². The van der Waals surface area contributed by atoms with Crippen molar-refractivity contribution in [1.82, 2.24) is 9.97 Å². The molecule has 0 saturated carbocycles. The van der Waals surface area contributed by atoms with Gasteiger partial charge < -0.3 is 5.32 Å². The van der Waals surface area contributed by atoms with Gasteiger partial charge in [0.15, 0.2) is 0 Å². The number of benzene rings is 1. The lowest BCUT2D eigenvalue weighted by Crippen LogP contribution is -1.97. The maximum atomic E-state index is 10.8. The summed E-state index contributed by atoms with van der Waals surface area (Å²) < 4.78 is 0. The molecule has 2 aromatic rings. The van der Waals surface area contributed by atoms with Crippen LogP contribution in [-0.2, 0) is 0 Å². The number of hydrogen-bond acceptors (Lipinski definition) is 5. The van der Waals surface area contributed by atoms with Crippen molar-refractivity contribution in [2.24, 2.45) is 0 Å². The van der Waals surface area contributed by atoms with Crippen LogP contribution < -0.4 is 5.32 Å². The molecule has 0 aliphatic heterocycles. The Hall–Kier alpha value is -2.21. The summed E-state index contributed by atoms with van der Waals surface area (Å²) in [6.45, 7) is 1.68. The SMILES string of the molecule is Cc1ccc(Nc2cc(Cl)ncn2)cc1[N+](=O)[O-]. The minimum absolute atomic E-state index is 0.0557. The standard InChI is InChI=1S/C11H9ClN4O2/c1-7-2-3-8(4-9(7)16(17)18)15-11-5-10(12)13-6-14-11/h2-6H,1H3,(H,13,14,15). The number of aromatic nitrogens is 2. The summed E-state index contributed by atoms with van der Waals surface area (Å²) in [5, 5.41) is 14.0. The number of anilines is 2. The smallest absolute Gasteiger partial charge is 0.274 e. The van der Waals surface area contributed by atoms with Gasteiger partial charge in [-0.3, -0.25) is 10.1 Å². The number of hydrogen-bond donors (Lipinski definition) is 1. The Balaban J connectivity index is 2.30.